The maximum atomic E-state index is 4.32. The number of nitrogens with one attached hydrogen (secondary N) is 1. The topological polar surface area (TPSA) is 42.7 Å². The minimum absolute atomic E-state index is 0.517. The highest BCUT2D eigenvalue weighted by Gasteiger charge is 2.18. The van der Waals surface area contributed by atoms with E-state index >= 15 is 0 Å². The second-order valence-electron chi connectivity index (χ2n) is 5.00. The van der Waals surface area contributed by atoms with E-state index in [1.807, 2.05) is 11.7 Å². The van der Waals surface area contributed by atoms with Crippen molar-refractivity contribution in [2.45, 2.75) is 50.3 Å². The first-order valence-corrected chi connectivity index (χ1v) is 8.02. The molecule has 1 aromatic rings. The molecule has 1 heterocycles. The van der Waals surface area contributed by atoms with Crippen LogP contribution in [0.5, 0.6) is 0 Å². The van der Waals surface area contributed by atoms with Crippen LogP contribution in [0.4, 0.5) is 0 Å². The molecule has 2 rings (SSSR count). The molecule has 1 unspecified atom stereocenters. The lowest BCUT2D eigenvalue weighted by atomic mass is 10.2. The summed E-state index contributed by atoms with van der Waals surface area (Å²) in [6, 6.07) is 0.517. The van der Waals surface area contributed by atoms with Crippen LogP contribution in [-0.2, 0) is 13.5 Å². The fourth-order valence-corrected chi connectivity index (χ4v) is 3.92. The lowest BCUT2D eigenvalue weighted by molar-refractivity contribution is 0.541. The minimum Gasteiger partial charge on any atom is -0.313 e. The fourth-order valence-electron chi connectivity index (χ4n) is 2.51. The fraction of sp³-hybridized carbons (Fsp3) is 0.846. The van der Waals surface area contributed by atoms with Gasteiger partial charge < -0.3 is 5.32 Å². The number of aryl methyl sites for hydroxylation is 1. The van der Waals surface area contributed by atoms with Crippen LogP contribution < -0.4 is 5.32 Å². The molecule has 0 aliphatic heterocycles. The van der Waals surface area contributed by atoms with Crippen molar-refractivity contribution in [2.24, 2.45) is 7.05 Å². The number of hydrogen-bond donors (Lipinski definition) is 1. The summed E-state index contributed by atoms with van der Waals surface area (Å²) in [6.45, 7) is 3.19. The molecule has 0 saturated heterocycles. The third kappa shape index (κ3) is 3.99. The molecule has 0 spiro atoms. The Kier molecular flexibility index (Phi) is 5.50. The highest BCUT2D eigenvalue weighted by atomic mass is 32.2. The van der Waals surface area contributed by atoms with Crippen molar-refractivity contribution in [1.29, 1.82) is 0 Å². The molecule has 1 fully saturated rings. The normalized spacial score (nSPS) is 18.3. The zero-order valence-electron chi connectivity index (χ0n) is 11.4. The molecule has 1 N–H and O–H groups in total. The van der Waals surface area contributed by atoms with Crippen LogP contribution in [0.1, 0.15) is 38.4 Å². The van der Waals surface area contributed by atoms with Crippen LogP contribution in [-0.4, -0.2) is 38.4 Å². The summed E-state index contributed by atoms with van der Waals surface area (Å²) in [6.07, 6.45) is 8.28. The van der Waals surface area contributed by atoms with Gasteiger partial charge in [-0.1, -0.05) is 19.8 Å². The molecule has 1 aromatic heterocycles. The summed E-state index contributed by atoms with van der Waals surface area (Å²) in [4.78, 5) is 4.32. The van der Waals surface area contributed by atoms with Gasteiger partial charge in [-0.2, -0.15) is 16.9 Å². The molecular weight excluding hydrogens is 244 g/mol. The van der Waals surface area contributed by atoms with Gasteiger partial charge in [0.1, 0.15) is 12.2 Å². The maximum absolute atomic E-state index is 4.32. The van der Waals surface area contributed by atoms with Crippen molar-refractivity contribution >= 4 is 11.8 Å². The summed E-state index contributed by atoms with van der Waals surface area (Å²) in [7, 11) is 1.97. The Bertz CT molecular complexity index is 347. The average molecular weight is 268 g/mol. The lowest BCUT2D eigenvalue weighted by Crippen LogP contribution is -2.34. The predicted molar refractivity (Wildman–Crippen MR) is 76.9 cm³/mol. The summed E-state index contributed by atoms with van der Waals surface area (Å²) in [5.41, 5.74) is 0. The predicted octanol–water partition coefficient (Wildman–Crippen LogP) is 2.01. The Labute approximate surface area is 114 Å². The standard InChI is InChI=1S/C13H24N4S/c1-3-14-11(8-13-15-10-16-17(13)2)9-18-12-6-4-5-7-12/h10-12,14H,3-9H2,1-2H3. The molecule has 0 amide bonds. The molecule has 1 saturated carbocycles. The van der Waals surface area contributed by atoms with E-state index in [0.717, 1.165) is 24.0 Å². The lowest BCUT2D eigenvalue weighted by Gasteiger charge is -2.19. The molecule has 0 aromatic carbocycles. The van der Waals surface area contributed by atoms with Crippen LogP contribution in [0.25, 0.3) is 0 Å². The quantitative estimate of drug-likeness (QED) is 0.821. The summed E-state index contributed by atoms with van der Waals surface area (Å²) in [5.74, 6) is 2.26. The number of likely N-dealkylation sites (N-methyl/N-ethyl adjacent to an activating group) is 1. The van der Waals surface area contributed by atoms with Crippen LogP contribution in [0.15, 0.2) is 6.33 Å². The van der Waals surface area contributed by atoms with Gasteiger partial charge in [0.15, 0.2) is 0 Å². The Morgan fingerprint density at radius 3 is 2.89 bits per heavy atom. The summed E-state index contributed by atoms with van der Waals surface area (Å²) >= 11 is 2.14. The number of rotatable bonds is 7. The van der Waals surface area contributed by atoms with E-state index in [9.17, 15) is 0 Å². The summed E-state index contributed by atoms with van der Waals surface area (Å²) in [5, 5.41) is 8.60. The molecular formula is C13H24N4S. The molecule has 4 nitrogen and oxygen atoms in total. The Hall–Kier alpha value is -0.550. The Morgan fingerprint density at radius 2 is 2.28 bits per heavy atom. The van der Waals surface area contributed by atoms with E-state index in [2.05, 4.69) is 34.1 Å². The van der Waals surface area contributed by atoms with Crippen LogP contribution in [0.3, 0.4) is 0 Å². The zero-order chi connectivity index (χ0) is 12.8. The average Bonchev–Trinajstić information content (AvgIpc) is 2.99. The van der Waals surface area contributed by atoms with E-state index in [-0.39, 0.29) is 0 Å². The summed E-state index contributed by atoms with van der Waals surface area (Å²) < 4.78 is 1.88. The van der Waals surface area contributed by atoms with Gasteiger partial charge in [0, 0.05) is 30.5 Å². The smallest absolute Gasteiger partial charge is 0.138 e. The SMILES string of the molecule is CCNC(CSC1CCCC1)Cc1ncnn1C. The van der Waals surface area contributed by atoms with E-state index in [0.29, 0.717) is 6.04 Å². The number of aromatic nitrogens is 3. The van der Waals surface area contributed by atoms with Gasteiger partial charge in [-0.3, -0.25) is 4.68 Å². The van der Waals surface area contributed by atoms with Crippen molar-refractivity contribution in [3.8, 4) is 0 Å². The first-order valence-electron chi connectivity index (χ1n) is 6.97. The van der Waals surface area contributed by atoms with Gasteiger partial charge >= 0.3 is 0 Å². The van der Waals surface area contributed by atoms with E-state index in [1.54, 1.807) is 6.33 Å². The van der Waals surface area contributed by atoms with Crippen molar-refractivity contribution in [1.82, 2.24) is 20.1 Å². The minimum atomic E-state index is 0.517. The van der Waals surface area contributed by atoms with Gasteiger partial charge in [0.05, 0.1) is 0 Å². The molecule has 0 radical (unpaired) electrons. The first kappa shape index (κ1) is 13.9. The molecule has 102 valence electrons. The third-order valence-electron chi connectivity index (χ3n) is 3.56. The zero-order valence-corrected chi connectivity index (χ0v) is 12.2. The van der Waals surface area contributed by atoms with Crippen LogP contribution in [0, 0.1) is 0 Å². The number of nitrogens with zero attached hydrogens (tertiary/aromatic N) is 3. The molecule has 1 atom stereocenters. The van der Waals surface area contributed by atoms with E-state index in [1.165, 1.54) is 31.4 Å². The molecule has 1 aliphatic rings. The largest absolute Gasteiger partial charge is 0.313 e. The van der Waals surface area contributed by atoms with Gasteiger partial charge in [0.25, 0.3) is 0 Å². The maximum Gasteiger partial charge on any atom is 0.138 e. The Morgan fingerprint density at radius 1 is 1.50 bits per heavy atom. The monoisotopic (exact) mass is 268 g/mol. The van der Waals surface area contributed by atoms with Gasteiger partial charge in [-0.25, -0.2) is 4.98 Å². The third-order valence-corrected chi connectivity index (χ3v) is 5.10. The highest BCUT2D eigenvalue weighted by Crippen LogP contribution is 2.29. The van der Waals surface area contributed by atoms with Gasteiger partial charge in [-0.15, -0.1) is 0 Å². The Balaban J connectivity index is 1.81. The van der Waals surface area contributed by atoms with Crippen LogP contribution >= 0.6 is 11.8 Å². The number of hydrogen-bond acceptors (Lipinski definition) is 4. The van der Waals surface area contributed by atoms with Crippen LogP contribution in [0.2, 0.25) is 0 Å². The van der Waals surface area contributed by atoms with E-state index in [4.69, 9.17) is 0 Å². The molecule has 0 bridgehead atoms. The molecule has 1 aliphatic carbocycles. The first-order chi connectivity index (χ1) is 8.79. The van der Waals surface area contributed by atoms with E-state index < -0.39 is 0 Å². The van der Waals surface area contributed by atoms with Crippen molar-refractivity contribution in [2.75, 3.05) is 12.3 Å². The van der Waals surface area contributed by atoms with Crippen molar-refractivity contribution in [3.05, 3.63) is 12.2 Å². The molecule has 18 heavy (non-hydrogen) atoms. The number of thioether (sulfide) groups is 1. The highest BCUT2D eigenvalue weighted by molar-refractivity contribution is 7.99. The molecule has 5 heteroatoms. The second kappa shape index (κ2) is 7.14. The van der Waals surface area contributed by atoms with Crippen molar-refractivity contribution in [3.63, 3.8) is 0 Å². The van der Waals surface area contributed by atoms with Crippen molar-refractivity contribution < 1.29 is 0 Å². The second-order valence-corrected chi connectivity index (χ2v) is 6.33. The van der Waals surface area contributed by atoms with Gasteiger partial charge in [0.2, 0.25) is 0 Å². The van der Waals surface area contributed by atoms with Gasteiger partial charge in [-0.05, 0) is 19.4 Å².